The molecule has 2 aliphatic rings. The van der Waals surface area contributed by atoms with Gasteiger partial charge >= 0.3 is 0 Å². The van der Waals surface area contributed by atoms with Crippen molar-refractivity contribution >= 4 is 5.91 Å². The third kappa shape index (κ3) is 4.25. The molecule has 0 bridgehead atoms. The molecular weight excluding hydrogens is 330 g/mol. The Bertz CT molecular complexity index is 752. The van der Waals surface area contributed by atoms with Crippen molar-refractivity contribution in [3.63, 3.8) is 0 Å². The van der Waals surface area contributed by atoms with E-state index < -0.39 is 0 Å². The van der Waals surface area contributed by atoms with Crippen molar-refractivity contribution in [1.29, 1.82) is 0 Å². The fourth-order valence-corrected chi connectivity index (χ4v) is 3.14. The summed E-state index contributed by atoms with van der Waals surface area (Å²) in [6, 6.07) is 9.70. The molecule has 1 aromatic carbocycles. The van der Waals surface area contributed by atoms with Crippen molar-refractivity contribution < 1.29 is 14.3 Å². The van der Waals surface area contributed by atoms with Gasteiger partial charge in [0.05, 0.1) is 24.9 Å². The normalized spacial score (nSPS) is 19.7. The van der Waals surface area contributed by atoms with Gasteiger partial charge in [-0.25, -0.2) is 0 Å². The molecule has 2 aromatic rings. The number of benzene rings is 1. The summed E-state index contributed by atoms with van der Waals surface area (Å²) >= 11 is 0. The molecule has 6 heteroatoms. The number of hydrogen-bond donors (Lipinski definition) is 0. The van der Waals surface area contributed by atoms with Gasteiger partial charge in [0.1, 0.15) is 5.75 Å². The highest BCUT2D eigenvalue weighted by atomic mass is 16.5. The summed E-state index contributed by atoms with van der Waals surface area (Å²) < 4.78 is 13.7. The molecule has 0 spiro atoms. The summed E-state index contributed by atoms with van der Waals surface area (Å²) in [4.78, 5) is 14.6. The molecule has 0 N–H and O–H groups in total. The number of aryl methyl sites for hydroxylation is 1. The van der Waals surface area contributed by atoms with Gasteiger partial charge in [0.2, 0.25) is 0 Å². The van der Waals surface area contributed by atoms with Crippen LogP contribution in [0.2, 0.25) is 0 Å². The van der Waals surface area contributed by atoms with Gasteiger partial charge in [0.15, 0.2) is 6.61 Å². The standard InChI is InChI=1S/C20H25N3O3/c1-15-2-6-18(7-3-15)26-14-20(24)22-10-17-8-9-21-23(17)12-19(11-22)25-13-16-4-5-16/h2-3,6-9,16,19H,4-5,10-14H2,1H3/t19-/m1/s1. The second-order valence-corrected chi connectivity index (χ2v) is 7.28. The van der Waals surface area contributed by atoms with E-state index >= 15 is 0 Å². The average molecular weight is 355 g/mol. The number of hydrogen-bond acceptors (Lipinski definition) is 4. The van der Waals surface area contributed by atoms with Gasteiger partial charge in [-0.15, -0.1) is 0 Å². The molecule has 1 aliphatic heterocycles. The molecule has 0 radical (unpaired) electrons. The monoisotopic (exact) mass is 355 g/mol. The van der Waals surface area contributed by atoms with Crippen LogP contribution in [0.3, 0.4) is 0 Å². The molecule has 1 atom stereocenters. The van der Waals surface area contributed by atoms with Crippen LogP contribution in [-0.2, 0) is 22.6 Å². The lowest BCUT2D eigenvalue weighted by molar-refractivity contribution is -0.136. The molecule has 1 aliphatic carbocycles. The number of fused-ring (bicyclic) bond motifs is 1. The van der Waals surface area contributed by atoms with Gasteiger partial charge < -0.3 is 14.4 Å². The van der Waals surface area contributed by atoms with Gasteiger partial charge in [0.25, 0.3) is 5.91 Å². The molecule has 1 aromatic heterocycles. The first kappa shape index (κ1) is 17.1. The number of rotatable bonds is 6. The molecule has 1 fully saturated rings. The third-order valence-electron chi connectivity index (χ3n) is 4.96. The summed E-state index contributed by atoms with van der Waals surface area (Å²) in [6.07, 6.45) is 4.27. The minimum absolute atomic E-state index is 0.0275. The Balaban J connectivity index is 1.39. The largest absolute Gasteiger partial charge is 0.484 e. The maximum Gasteiger partial charge on any atom is 0.260 e. The highest BCUT2D eigenvalue weighted by molar-refractivity contribution is 5.77. The highest BCUT2D eigenvalue weighted by Gasteiger charge is 2.28. The van der Waals surface area contributed by atoms with Crippen molar-refractivity contribution in [3.05, 3.63) is 47.8 Å². The maximum atomic E-state index is 12.7. The van der Waals surface area contributed by atoms with E-state index in [0.29, 0.717) is 31.3 Å². The maximum absolute atomic E-state index is 12.7. The van der Waals surface area contributed by atoms with Crippen molar-refractivity contribution in [1.82, 2.24) is 14.7 Å². The van der Waals surface area contributed by atoms with E-state index in [1.54, 1.807) is 6.20 Å². The van der Waals surface area contributed by atoms with Crippen LogP contribution in [0.1, 0.15) is 24.1 Å². The van der Waals surface area contributed by atoms with Crippen molar-refractivity contribution in [2.75, 3.05) is 19.8 Å². The molecular formula is C20H25N3O3. The zero-order valence-electron chi connectivity index (χ0n) is 15.1. The lowest BCUT2D eigenvalue weighted by atomic mass is 10.2. The summed E-state index contributed by atoms with van der Waals surface area (Å²) in [5.74, 6) is 1.38. The number of nitrogens with zero attached hydrogens (tertiary/aromatic N) is 3. The highest BCUT2D eigenvalue weighted by Crippen LogP contribution is 2.29. The van der Waals surface area contributed by atoms with Crippen LogP contribution < -0.4 is 4.74 Å². The zero-order valence-corrected chi connectivity index (χ0v) is 15.1. The molecule has 1 saturated carbocycles. The second-order valence-electron chi connectivity index (χ2n) is 7.28. The first-order chi connectivity index (χ1) is 12.7. The third-order valence-corrected chi connectivity index (χ3v) is 4.96. The van der Waals surface area contributed by atoms with Gasteiger partial charge in [0, 0.05) is 19.3 Å². The predicted octanol–water partition coefficient (Wildman–Crippen LogP) is 2.41. The topological polar surface area (TPSA) is 56.6 Å². The Hall–Kier alpha value is -2.34. The van der Waals surface area contributed by atoms with Gasteiger partial charge in [-0.1, -0.05) is 17.7 Å². The Morgan fingerprint density at radius 1 is 1.19 bits per heavy atom. The lowest BCUT2D eigenvalue weighted by Crippen LogP contribution is -2.40. The summed E-state index contributed by atoms with van der Waals surface area (Å²) in [5.41, 5.74) is 2.20. The first-order valence-electron chi connectivity index (χ1n) is 9.27. The van der Waals surface area contributed by atoms with E-state index in [1.165, 1.54) is 18.4 Å². The fraction of sp³-hybridized carbons (Fsp3) is 0.500. The fourth-order valence-electron chi connectivity index (χ4n) is 3.14. The number of carbonyl (C=O) groups excluding carboxylic acids is 1. The Morgan fingerprint density at radius 3 is 2.77 bits per heavy atom. The van der Waals surface area contributed by atoms with Crippen molar-refractivity contribution in [2.24, 2.45) is 5.92 Å². The number of aromatic nitrogens is 2. The van der Waals surface area contributed by atoms with Crippen LogP contribution in [0, 0.1) is 12.8 Å². The second kappa shape index (κ2) is 7.50. The van der Waals surface area contributed by atoms with Gasteiger partial charge in [-0.05, 0) is 43.9 Å². The molecule has 2 heterocycles. The van der Waals surface area contributed by atoms with Crippen LogP contribution in [0.15, 0.2) is 36.5 Å². The number of carbonyl (C=O) groups is 1. The molecule has 6 nitrogen and oxygen atoms in total. The number of amides is 1. The van der Waals surface area contributed by atoms with Gasteiger partial charge in [-0.3, -0.25) is 9.48 Å². The van der Waals surface area contributed by atoms with Crippen LogP contribution in [0.5, 0.6) is 5.75 Å². The van der Waals surface area contributed by atoms with E-state index in [2.05, 4.69) is 5.10 Å². The van der Waals surface area contributed by atoms with Crippen molar-refractivity contribution in [3.8, 4) is 5.75 Å². The number of ether oxygens (including phenoxy) is 2. The molecule has 138 valence electrons. The molecule has 0 unspecified atom stereocenters. The molecule has 0 saturated heterocycles. The minimum Gasteiger partial charge on any atom is -0.484 e. The van der Waals surface area contributed by atoms with Crippen molar-refractivity contribution in [2.45, 2.75) is 39.0 Å². The van der Waals surface area contributed by atoms with E-state index in [4.69, 9.17) is 9.47 Å². The Labute approximate surface area is 153 Å². The van der Waals surface area contributed by atoms with Crippen LogP contribution in [0.4, 0.5) is 0 Å². The van der Waals surface area contributed by atoms with Gasteiger partial charge in [-0.2, -0.15) is 5.10 Å². The lowest BCUT2D eigenvalue weighted by Gasteiger charge is -2.24. The summed E-state index contributed by atoms with van der Waals surface area (Å²) in [7, 11) is 0. The van der Waals surface area contributed by atoms with E-state index in [-0.39, 0.29) is 18.6 Å². The summed E-state index contributed by atoms with van der Waals surface area (Å²) in [6.45, 7) is 4.65. The zero-order chi connectivity index (χ0) is 17.9. The van der Waals surface area contributed by atoms with E-state index in [9.17, 15) is 4.79 Å². The smallest absolute Gasteiger partial charge is 0.260 e. The van der Waals surface area contributed by atoms with Crippen LogP contribution >= 0.6 is 0 Å². The first-order valence-corrected chi connectivity index (χ1v) is 9.27. The predicted molar refractivity (Wildman–Crippen MR) is 96.8 cm³/mol. The van der Waals surface area contributed by atoms with Crippen LogP contribution in [-0.4, -0.2) is 46.5 Å². The van der Waals surface area contributed by atoms with Crippen LogP contribution in [0.25, 0.3) is 0 Å². The SMILES string of the molecule is Cc1ccc(OCC(=O)N2Cc3ccnn3C[C@H](OCC3CC3)C2)cc1. The molecule has 26 heavy (non-hydrogen) atoms. The average Bonchev–Trinajstić information content (AvgIpc) is 3.41. The molecule has 4 rings (SSSR count). The Morgan fingerprint density at radius 2 is 2.00 bits per heavy atom. The minimum atomic E-state index is -0.0277. The summed E-state index contributed by atoms with van der Waals surface area (Å²) in [5, 5.41) is 4.37. The van der Waals surface area contributed by atoms with E-state index in [1.807, 2.05) is 46.8 Å². The quantitative estimate of drug-likeness (QED) is 0.798. The molecule has 1 amide bonds. The van der Waals surface area contributed by atoms with E-state index in [0.717, 1.165) is 12.3 Å². The Kier molecular flexibility index (Phi) is 4.93.